The Bertz CT molecular complexity index is 444. The van der Waals surface area contributed by atoms with E-state index in [4.69, 9.17) is 18.9 Å². The number of ether oxygens (including phenoxy) is 4. The lowest BCUT2D eigenvalue weighted by Crippen LogP contribution is -2.20. The van der Waals surface area contributed by atoms with Gasteiger partial charge >= 0.3 is 0 Å². The monoisotopic (exact) mass is 266 g/mol. The van der Waals surface area contributed by atoms with E-state index in [0.29, 0.717) is 36.7 Å². The van der Waals surface area contributed by atoms with Crippen LogP contribution in [-0.2, 0) is 9.53 Å². The lowest BCUT2D eigenvalue weighted by Gasteiger charge is -2.25. The average molecular weight is 266 g/mol. The van der Waals surface area contributed by atoms with Crippen LogP contribution in [0.3, 0.4) is 0 Å². The Morgan fingerprint density at radius 2 is 1.74 bits per heavy atom. The molecule has 1 heterocycles. The number of hydrogen-bond acceptors (Lipinski definition) is 5. The standard InChI is InChI=1S/C14H18O5/c1-16-10-7-11(17-2)14(12(8-10)18-3)13-6-9(15)4-5-19-13/h7-8,13H,4-6H2,1-3H3. The van der Waals surface area contributed by atoms with Gasteiger partial charge < -0.3 is 18.9 Å². The van der Waals surface area contributed by atoms with Crippen molar-refractivity contribution >= 4 is 5.78 Å². The van der Waals surface area contributed by atoms with Crippen LogP contribution in [0, 0.1) is 0 Å². The summed E-state index contributed by atoms with van der Waals surface area (Å²) in [6.07, 6.45) is 0.494. The third-order valence-corrected chi connectivity index (χ3v) is 3.19. The lowest BCUT2D eigenvalue weighted by atomic mass is 9.98. The Hall–Kier alpha value is -1.75. The summed E-state index contributed by atoms with van der Waals surface area (Å²) < 4.78 is 21.6. The van der Waals surface area contributed by atoms with Gasteiger partial charge in [0.1, 0.15) is 23.0 Å². The van der Waals surface area contributed by atoms with Crippen LogP contribution in [0.15, 0.2) is 12.1 Å². The van der Waals surface area contributed by atoms with Crippen molar-refractivity contribution in [2.75, 3.05) is 27.9 Å². The van der Waals surface area contributed by atoms with E-state index in [2.05, 4.69) is 0 Å². The van der Waals surface area contributed by atoms with E-state index in [0.717, 1.165) is 5.56 Å². The topological polar surface area (TPSA) is 54.0 Å². The summed E-state index contributed by atoms with van der Waals surface area (Å²) in [5, 5.41) is 0. The van der Waals surface area contributed by atoms with Gasteiger partial charge in [-0.25, -0.2) is 0 Å². The molecule has 0 aromatic heterocycles. The first-order chi connectivity index (χ1) is 9.19. The minimum absolute atomic E-state index is 0.191. The number of rotatable bonds is 4. The molecule has 1 aromatic carbocycles. The smallest absolute Gasteiger partial charge is 0.138 e. The molecule has 0 aliphatic carbocycles. The van der Waals surface area contributed by atoms with Gasteiger partial charge in [0.15, 0.2) is 0 Å². The maximum atomic E-state index is 11.6. The molecule has 5 heteroatoms. The lowest BCUT2D eigenvalue weighted by molar-refractivity contribution is -0.128. The molecule has 1 unspecified atom stereocenters. The van der Waals surface area contributed by atoms with Crippen LogP contribution >= 0.6 is 0 Å². The highest BCUT2D eigenvalue weighted by atomic mass is 16.5. The molecule has 0 spiro atoms. The summed E-state index contributed by atoms with van der Waals surface area (Å²) in [6.45, 7) is 0.432. The Morgan fingerprint density at radius 3 is 2.21 bits per heavy atom. The normalized spacial score (nSPS) is 19.1. The predicted octanol–water partition coefficient (Wildman–Crippen LogP) is 2.13. The molecule has 104 valence electrons. The number of ketones is 1. The number of carbonyl (C=O) groups is 1. The Balaban J connectivity index is 2.44. The van der Waals surface area contributed by atoms with Gasteiger partial charge in [-0.15, -0.1) is 0 Å². The SMILES string of the molecule is COc1cc(OC)c(C2CC(=O)CCO2)c(OC)c1. The van der Waals surface area contributed by atoms with Crippen molar-refractivity contribution in [2.24, 2.45) is 0 Å². The highest BCUT2D eigenvalue weighted by Crippen LogP contribution is 2.42. The van der Waals surface area contributed by atoms with Crippen molar-refractivity contribution in [1.29, 1.82) is 0 Å². The molecule has 1 atom stereocenters. The number of hydrogen-bond donors (Lipinski definition) is 0. The number of methoxy groups -OCH3 is 3. The van der Waals surface area contributed by atoms with Crippen LogP contribution in [0.1, 0.15) is 24.5 Å². The van der Waals surface area contributed by atoms with Gasteiger partial charge in [0.05, 0.1) is 39.6 Å². The molecular weight excluding hydrogens is 248 g/mol. The molecule has 1 aromatic rings. The van der Waals surface area contributed by atoms with E-state index in [9.17, 15) is 4.79 Å². The van der Waals surface area contributed by atoms with Gasteiger partial charge in [-0.05, 0) is 0 Å². The zero-order chi connectivity index (χ0) is 13.8. The van der Waals surface area contributed by atoms with E-state index in [-0.39, 0.29) is 11.9 Å². The first-order valence-electron chi connectivity index (χ1n) is 6.12. The number of carbonyl (C=O) groups excluding carboxylic acids is 1. The summed E-state index contributed by atoms with van der Waals surface area (Å²) in [5.41, 5.74) is 0.763. The van der Waals surface area contributed by atoms with Crippen LogP contribution in [0.25, 0.3) is 0 Å². The van der Waals surface area contributed by atoms with E-state index in [1.54, 1.807) is 33.5 Å². The van der Waals surface area contributed by atoms with Crippen molar-refractivity contribution < 1.29 is 23.7 Å². The van der Waals surface area contributed by atoms with Gasteiger partial charge in [0.25, 0.3) is 0 Å². The molecule has 0 saturated carbocycles. The second-order valence-corrected chi connectivity index (χ2v) is 4.30. The second kappa shape index (κ2) is 5.93. The van der Waals surface area contributed by atoms with Crippen molar-refractivity contribution in [3.05, 3.63) is 17.7 Å². The van der Waals surface area contributed by atoms with Gasteiger partial charge in [-0.1, -0.05) is 0 Å². The molecule has 1 aliphatic rings. The maximum Gasteiger partial charge on any atom is 0.138 e. The molecule has 19 heavy (non-hydrogen) atoms. The third-order valence-electron chi connectivity index (χ3n) is 3.19. The molecule has 0 N–H and O–H groups in total. The highest BCUT2D eigenvalue weighted by Gasteiger charge is 2.28. The van der Waals surface area contributed by atoms with Crippen LogP contribution in [0.5, 0.6) is 17.2 Å². The molecule has 5 nitrogen and oxygen atoms in total. The van der Waals surface area contributed by atoms with Gasteiger partial charge in [0, 0.05) is 25.0 Å². The first kappa shape index (κ1) is 13.7. The molecule has 0 amide bonds. The fraction of sp³-hybridized carbons (Fsp3) is 0.500. The molecule has 2 rings (SSSR count). The summed E-state index contributed by atoms with van der Waals surface area (Å²) in [7, 11) is 4.72. The Morgan fingerprint density at radius 1 is 1.11 bits per heavy atom. The van der Waals surface area contributed by atoms with Crippen molar-refractivity contribution in [3.63, 3.8) is 0 Å². The van der Waals surface area contributed by atoms with E-state index in [1.807, 2.05) is 0 Å². The Kier molecular flexibility index (Phi) is 4.27. The fourth-order valence-corrected chi connectivity index (χ4v) is 2.22. The zero-order valence-corrected chi connectivity index (χ0v) is 11.4. The molecule has 1 fully saturated rings. The van der Waals surface area contributed by atoms with Crippen LogP contribution in [0.2, 0.25) is 0 Å². The molecule has 0 bridgehead atoms. The van der Waals surface area contributed by atoms with Crippen LogP contribution < -0.4 is 14.2 Å². The summed E-state index contributed by atoms with van der Waals surface area (Å²) in [4.78, 5) is 11.6. The van der Waals surface area contributed by atoms with Crippen molar-refractivity contribution in [1.82, 2.24) is 0 Å². The van der Waals surface area contributed by atoms with Gasteiger partial charge in [0.2, 0.25) is 0 Å². The van der Waals surface area contributed by atoms with E-state index in [1.165, 1.54) is 0 Å². The van der Waals surface area contributed by atoms with Crippen molar-refractivity contribution in [2.45, 2.75) is 18.9 Å². The highest BCUT2D eigenvalue weighted by molar-refractivity contribution is 5.80. The minimum atomic E-state index is -0.322. The molecule has 0 radical (unpaired) electrons. The number of benzene rings is 1. The molecular formula is C14H18O5. The van der Waals surface area contributed by atoms with Gasteiger partial charge in [-0.3, -0.25) is 4.79 Å². The quantitative estimate of drug-likeness (QED) is 0.835. The first-order valence-corrected chi connectivity index (χ1v) is 6.12. The fourth-order valence-electron chi connectivity index (χ4n) is 2.22. The predicted molar refractivity (Wildman–Crippen MR) is 69.0 cm³/mol. The molecule has 1 saturated heterocycles. The molecule has 1 aliphatic heterocycles. The van der Waals surface area contributed by atoms with Crippen LogP contribution in [-0.4, -0.2) is 33.7 Å². The summed E-state index contributed by atoms with van der Waals surface area (Å²) >= 11 is 0. The number of Topliss-reactive ketones (excluding diaryl/α,β-unsaturated/α-hetero) is 1. The average Bonchev–Trinajstić information content (AvgIpc) is 2.45. The Labute approximate surface area is 112 Å². The second-order valence-electron chi connectivity index (χ2n) is 4.30. The van der Waals surface area contributed by atoms with Crippen LogP contribution in [0.4, 0.5) is 0 Å². The summed E-state index contributed by atoms with van der Waals surface area (Å²) in [5.74, 6) is 2.04. The van der Waals surface area contributed by atoms with E-state index >= 15 is 0 Å². The maximum absolute atomic E-state index is 11.6. The minimum Gasteiger partial charge on any atom is -0.496 e. The van der Waals surface area contributed by atoms with Gasteiger partial charge in [-0.2, -0.15) is 0 Å². The largest absolute Gasteiger partial charge is 0.496 e. The third kappa shape index (κ3) is 2.81. The summed E-state index contributed by atoms with van der Waals surface area (Å²) in [6, 6.07) is 3.53. The van der Waals surface area contributed by atoms with E-state index < -0.39 is 0 Å². The zero-order valence-electron chi connectivity index (χ0n) is 11.4. The van der Waals surface area contributed by atoms with Crippen molar-refractivity contribution in [3.8, 4) is 17.2 Å².